The molecule has 2 N–H and O–H groups in total. The molecule has 94 valence electrons. The lowest BCUT2D eigenvalue weighted by Crippen LogP contribution is -2.27. The summed E-state index contributed by atoms with van der Waals surface area (Å²) in [5.41, 5.74) is 2.57. The SMILES string of the molecule is CNC(c1cc(C)ccc1OC)C1CCNC1. The zero-order valence-corrected chi connectivity index (χ0v) is 10.9. The second kappa shape index (κ2) is 5.52. The van der Waals surface area contributed by atoms with E-state index >= 15 is 0 Å². The summed E-state index contributed by atoms with van der Waals surface area (Å²) < 4.78 is 5.48. The highest BCUT2D eigenvalue weighted by molar-refractivity contribution is 5.39. The van der Waals surface area contributed by atoms with Crippen LogP contribution in [0.3, 0.4) is 0 Å². The van der Waals surface area contributed by atoms with Crippen molar-refractivity contribution in [1.82, 2.24) is 10.6 Å². The van der Waals surface area contributed by atoms with Crippen LogP contribution in [0.2, 0.25) is 0 Å². The van der Waals surface area contributed by atoms with Crippen LogP contribution >= 0.6 is 0 Å². The molecule has 17 heavy (non-hydrogen) atoms. The van der Waals surface area contributed by atoms with Gasteiger partial charge in [-0.1, -0.05) is 17.7 Å². The van der Waals surface area contributed by atoms with Crippen LogP contribution in [-0.2, 0) is 0 Å². The van der Waals surface area contributed by atoms with Crippen LogP contribution in [0, 0.1) is 12.8 Å². The predicted molar refractivity (Wildman–Crippen MR) is 70.5 cm³/mol. The lowest BCUT2D eigenvalue weighted by Gasteiger charge is -2.25. The van der Waals surface area contributed by atoms with Crippen molar-refractivity contribution in [3.8, 4) is 5.75 Å². The molecule has 1 aromatic rings. The summed E-state index contributed by atoms with van der Waals surface area (Å²) in [5, 5.41) is 6.87. The number of methoxy groups -OCH3 is 1. The first kappa shape index (κ1) is 12.4. The van der Waals surface area contributed by atoms with Gasteiger partial charge < -0.3 is 15.4 Å². The topological polar surface area (TPSA) is 33.3 Å². The van der Waals surface area contributed by atoms with Crippen molar-refractivity contribution in [1.29, 1.82) is 0 Å². The third kappa shape index (κ3) is 2.61. The van der Waals surface area contributed by atoms with Crippen LogP contribution < -0.4 is 15.4 Å². The number of hydrogen-bond acceptors (Lipinski definition) is 3. The Morgan fingerprint density at radius 1 is 1.47 bits per heavy atom. The van der Waals surface area contributed by atoms with Crippen LogP contribution in [0.25, 0.3) is 0 Å². The van der Waals surface area contributed by atoms with Gasteiger partial charge in [-0.25, -0.2) is 0 Å². The summed E-state index contributed by atoms with van der Waals surface area (Å²) in [7, 11) is 3.78. The molecule has 1 saturated heterocycles. The van der Waals surface area contributed by atoms with Gasteiger partial charge in [-0.15, -0.1) is 0 Å². The number of ether oxygens (including phenoxy) is 1. The molecule has 2 atom stereocenters. The normalized spacial score (nSPS) is 21.5. The number of nitrogens with one attached hydrogen (secondary N) is 2. The van der Waals surface area contributed by atoms with Gasteiger partial charge in [-0.2, -0.15) is 0 Å². The Morgan fingerprint density at radius 2 is 2.29 bits per heavy atom. The molecule has 0 saturated carbocycles. The molecule has 2 unspecified atom stereocenters. The van der Waals surface area contributed by atoms with E-state index in [1.807, 2.05) is 7.05 Å². The Hall–Kier alpha value is -1.06. The first-order valence-electron chi connectivity index (χ1n) is 6.28. The highest BCUT2D eigenvalue weighted by Gasteiger charge is 2.27. The van der Waals surface area contributed by atoms with Gasteiger partial charge in [0.2, 0.25) is 0 Å². The maximum absolute atomic E-state index is 5.48. The highest BCUT2D eigenvalue weighted by Crippen LogP contribution is 2.33. The van der Waals surface area contributed by atoms with Gasteiger partial charge in [-0.05, 0) is 45.5 Å². The van der Waals surface area contributed by atoms with E-state index in [1.54, 1.807) is 7.11 Å². The summed E-state index contributed by atoms with van der Waals surface area (Å²) in [4.78, 5) is 0. The fourth-order valence-electron chi connectivity index (χ4n) is 2.70. The van der Waals surface area contributed by atoms with E-state index in [9.17, 15) is 0 Å². The molecule has 1 aliphatic heterocycles. The van der Waals surface area contributed by atoms with Crippen LogP contribution in [-0.4, -0.2) is 27.2 Å². The molecule has 0 spiro atoms. The summed E-state index contributed by atoms with van der Waals surface area (Å²) >= 11 is 0. The van der Waals surface area contributed by atoms with E-state index in [4.69, 9.17) is 4.74 Å². The van der Waals surface area contributed by atoms with Gasteiger partial charge in [-0.3, -0.25) is 0 Å². The van der Waals surface area contributed by atoms with E-state index in [-0.39, 0.29) is 0 Å². The lowest BCUT2D eigenvalue weighted by molar-refractivity contribution is 0.369. The third-order valence-electron chi connectivity index (χ3n) is 3.60. The molecule has 2 rings (SSSR count). The van der Waals surface area contributed by atoms with Gasteiger partial charge in [0.05, 0.1) is 7.11 Å². The summed E-state index contributed by atoms with van der Waals surface area (Å²) in [5.74, 6) is 1.64. The fourth-order valence-corrected chi connectivity index (χ4v) is 2.70. The van der Waals surface area contributed by atoms with E-state index in [0.29, 0.717) is 12.0 Å². The molecule has 0 amide bonds. The Kier molecular flexibility index (Phi) is 4.02. The lowest BCUT2D eigenvalue weighted by atomic mass is 9.91. The van der Waals surface area contributed by atoms with E-state index in [0.717, 1.165) is 18.8 Å². The van der Waals surface area contributed by atoms with Crippen LogP contribution in [0.4, 0.5) is 0 Å². The molecule has 1 fully saturated rings. The molecular weight excluding hydrogens is 212 g/mol. The van der Waals surface area contributed by atoms with Crippen molar-refractivity contribution in [2.24, 2.45) is 5.92 Å². The minimum Gasteiger partial charge on any atom is -0.496 e. The average Bonchev–Trinajstić information content (AvgIpc) is 2.84. The standard InChI is InChI=1S/C14H22N2O/c1-10-4-5-13(17-3)12(8-10)14(15-2)11-6-7-16-9-11/h4-5,8,11,14-16H,6-7,9H2,1-3H3. The predicted octanol–water partition coefficient (Wildman–Crippen LogP) is 1.87. The summed E-state index contributed by atoms with van der Waals surface area (Å²) in [6, 6.07) is 6.78. The maximum atomic E-state index is 5.48. The van der Waals surface area contributed by atoms with Crippen LogP contribution in [0.15, 0.2) is 18.2 Å². The first-order valence-corrected chi connectivity index (χ1v) is 6.28. The van der Waals surface area contributed by atoms with E-state index in [1.165, 1.54) is 17.5 Å². The van der Waals surface area contributed by atoms with E-state index in [2.05, 4.69) is 35.8 Å². The molecule has 3 nitrogen and oxygen atoms in total. The zero-order valence-electron chi connectivity index (χ0n) is 10.9. The second-order valence-corrected chi connectivity index (χ2v) is 4.76. The minimum absolute atomic E-state index is 0.375. The van der Waals surface area contributed by atoms with E-state index < -0.39 is 0 Å². The fraction of sp³-hybridized carbons (Fsp3) is 0.571. The molecule has 0 bridgehead atoms. The zero-order chi connectivity index (χ0) is 12.3. The Labute approximate surface area is 104 Å². The van der Waals surface area contributed by atoms with Gasteiger partial charge in [0, 0.05) is 11.6 Å². The van der Waals surface area contributed by atoms with Crippen LogP contribution in [0.5, 0.6) is 5.75 Å². The third-order valence-corrected chi connectivity index (χ3v) is 3.60. The molecule has 3 heteroatoms. The summed E-state index contributed by atoms with van der Waals surface area (Å²) in [6.45, 7) is 4.34. The number of rotatable bonds is 4. The van der Waals surface area contributed by atoms with Crippen molar-refractivity contribution >= 4 is 0 Å². The molecule has 1 heterocycles. The van der Waals surface area contributed by atoms with Crippen LogP contribution in [0.1, 0.15) is 23.6 Å². The first-order chi connectivity index (χ1) is 8.26. The average molecular weight is 234 g/mol. The quantitative estimate of drug-likeness (QED) is 0.834. The van der Waals surface area contributed by atoms with Crippen molar-refractivity contribution in [2.45, 2.75) is 19.4 Å². The Balaban J connectivity index is 2.31. The molecular formula is C14H22N2O. The van der Waals surface area contributed by atoms with Crippen molar-refractivity contribution in [3.05, 3.63) is 29.3 Å². The van der Waals surface area contributed by atoms with Gasteiger partial charge in [0.15, 0.2) is 0 Å². The number of hydrogen-bond donors (Lipinski definition) is 2. The van der Waals surface area contributed by atoms with Gasteiger partial charge in [0.25, 0.3) is 0 Å². The molecule has 1 aliphatic rings. The number of aryl methyl sites for hydroxylation is 1. The largest absolute Gasteiger partial charge is 0.496 e. The monoisotopic (exact) mass is 234 g/mol. The van der Waals surface area contributed by atoms with Gasteiger partial charge in [0.1, 0.15) is 5.75 Å². The number of benzene rings is 1. The second-order valence-electron chi connectivity index (χ2n) is 4.76. The van der Waals surface area contributed by atoms with Crippen molar-refractivity contribution in [2.75, 3.05) is 27.2 Å². The molecule has 1 aromatic carbocycles. The summed E-state index contributed by atoms with van der Waals surface area (Å²) in [6.07, 6.45) is 1.22. The van der Waals surface area contributed by atoms with Gasteiger partial charge >= 0.3 is 0 Å². The maximum Gasteiger partial charge on any atom is 0.123 e. The Morgan fingerprint density at radius 3 is 2.88 bits per heavy atom. The smallest absolute Gasteiger partial charge is 0.123 e. The molecule has 0 aliphatic carbocycles. The van der Waals surface area contributed by atoms with Crippen molar-refractivity contribution in [3.63, 3.8) is 0 Å². The molecule has 0 aromatic heterocycles. The highest BCUT2D eigenvalue weighted by atomic mass is 16.5. The minimum atomic E-state index is 0.375. The Bertz CT molecular complexity index is 372. The van der Waals surface area contributed by atoms with Crippen molar-refractivity contribution < 1.29 is 4.74 Å². The molecule has 0 radical (unpaired) electrons.